The van der Waals surface area contributed by atoms with E-state index in [4.69, 9.17) is 5.11 Å². The summed E-state index contributed by atoms with van der Waals surface area (Å²) in [5, 5.41) is 11.4. The van der Waals surface area contributed by atoms with E-state index in [0.717, 1.165) is 11.8 Å². The number of benzene rings is 1. The third-order valence-corrected chi connectivity index (χ3v) is 3.05. The first-order valence-corrected chi connectivity index (χ1v) is 5.00. The Morgan fingerprint density at radius 1 is 1.50 bits per heavy atom. The van der Waals surface area contributed by atoms with E-state index in [2.05, 4.69) is 5.32 Å². The lowest BCUT2D eigenvalue weighted by molar-refractivity contribution is -0.124. The summed E-state index contributed by atoms with van der Waals surface area (Å²) in [6.07, 6.45) is 0. The molecule has 0 spiro atoms. The van der Waals surface area contributed by atoms with Crippen molar-refractivity contribution in [2.45, 2.75) is 10.8 Å². The second-order valence-electron chi connectivity index (χ2n) is 2.93. The highest BCUT2D eigenvalue weighted by Gasteiger charge is 2.31. The lowest BCUT2D eigenvalue weighted by Crippen LogP contribution is -2.23. The summed E-state index contributed by atoms with van der Waals surface area (Å²) in [5.74, 6) is -0.775. The van der Waals surface area contributed by atoms with Gasteiger partial charge in [0, 0.05) is 0 Å². The van der Waals surface area contributed by atoms with Gasteiger partial charge in [-0.05, 0) is 17.7 Å². The fraction of sp³-hybridized carbons (Fsp3) is 0.222. The van der Waals surface area contributed by atoms with Crippen molar-refractivity contribution in [3.8, 4) is 0 Å². The molecule has 1 aromatic rings. The van der Waals surface area contributed by atoms with E-state index in [1.807, 2.05) is 0 Å². The van der Waals surface area contributed by atoms with Crippen molar-refractivity contribution < 1.29 is 14.3 Å². The highest BCUT2D eigenvalue weighted by Crippen LogP contribution is 2.34. The fourth-order valence-corrected chi connectivity index (χ4v) is 2.19. The van der Waals surface area contributed by atoms with Gasteiger partial charge in [-0.25, -0.2) is 4.39 Å². The number of aliphatic hydroxyl groups is 1. The van der Waals surface area contributed by atoms with E-state index >= 15 is 0 Å². The Labute approximate surface area is 84.3 Å². The summed E-state index contributed by atoms with van der Waals surface area (Å²) in [6.45, 7) is 0. The van der Waals surface area contributed by atoms with Crippen molar-refractivity contribution in [1.82, 2.24) is 5.32 Å². The van der Waals surface area contributed by atoms with E-state index in [1.54, 1.807) is 12.1 Å². The number of carbonyl (C=O) groups is 1. The molecule has 74 valence electrons. The van der Waals surface area contributed by atoms with Gasteiger partial charge in [0.1, 0.15) is 11.2 Å². The van der Waals surface area contributed by atoms with E-state index in [-0.39, 0.29) is 11.2 Å². The summed E-state index contributed by atoms with van der Waals surface area (Å²) in [7, 11) is 0. The van der Waals surface area contributed by atoms with Crippen LogP contribution in [-0.4, -0.2) is 16.4 Å². The predicted molar refractivity (Wildman–Crippen MR) is 50.9 cm³/mol. The Hall–Kier alpha value is -1.07. The minimum absolute atomic E-state index is 0.348. The van der Waals surface area contributed by atoms with Gasteiger partial charge in [-0.15, -0.1) is 0 Å². The van der Waals surface area contributed by atoms with Gasteiger partial charge in [0.05, 0.1) is 0 Å². The summed E-state index contributed by atoms with van der Waals surface area (Å²) < 4.78 is 12.8. The number of hydrogen-bond donors (Lipinski definition) is 2. The van der Waals surface area contributed by atoms with Crippen molar-refractivity contribution in [3.05, 3.63) is 35.6 Å². The highest BCUT2D eigenvalue weighted by molar-refractivity contribution is 8.01. The fourth-order valence-electron chi connectivity index (χ4n) is 1.26. The Bertz CT molecular complexity index is 372. The van der Waals surface area contributed by atoms with Gasteiger partial charge in [0.2, 0.25) is 0 Å². The molecule has 2 N–H and O–H groups in total. The smallest absolute Gasteiger partial charge is 0.260 e. The molecule has 1 amide bonds. The van der Waals surface area contributed by atoms with Crippen LogP contribution in [0.4, 0.5) is 4.39 Å². The average Bonchev–Trinajstić information content (AvgIpc) is 2.47. The first kappa shape index (κ1) is 9.48. The van der Waals surface area contributed by atoms with Crippen LogP contribution in [0.2, 0.25) is 0 Å². The SMILES string of the molecule is O=C1NC(c2cccc(F)c2)SC1O. The lowest BCUT2D eigenvalue weighted by atomic mass is 10.2. The van der Waals surface area contributed by atoms with Crippen molar-refractivity contribution in [3.63, 3.8) is 0 Å². The quantitative estimate of drug-likeness (QED) is 0.731. The number of rotatable bonds is 1. The van der Waals surface area contributed by atoms with Gasteiger partial charge in [0.15, 0.2) is 5.44 Å². The molecule has 0 aliphatic carbocycles. The predicted octanol–water partition coefficient (Wildman–Crippen LogP) is 1.01. The molecule has 2 rings (SSSR count). The molecule has 0 saturated carbocycles. The zero-order valence-electron chi connectivity index (χ0n) is 7.11. The number of halogens is 1. The zero-order valence-corrected chi connectivity index (χ0v) is 7.92. The number of nitrogens with one attached hydrogen (secondary N) is 1. The second-order valence-corrected chi connectivity index (χ2v) is 4.12. The molecule has 0 bridgehead atoms. The molecular weight excluding hydrogens is 205 g/mol. The van der Waals surface area contributed by atoms with Crippen LogP contribution in [0.1, 0.15) is 10.9 Å². The summed E-state index contributed by atoms with van der Waals surface area (Å²) >= 11 is 1.06. The van der Waals surface area contributed by atoms with Gasteiger partial charge in [-0.3, -0.25) is 4.79 Å². The maximum Gasteiger partial charge on any atom is 0.260 e. The molecule has 1 aliphatic rings. The molecule has 1 saturated heterocycles. The summed E-state index contributed by atoms with van der Waals surface area (Å²) in [5.41, 5.74) is -0.400. The third kappa shape index (κ3) is 1.73. The van der Waals surface area contributed by atoms with Crippen molar-refractivity contribution >= 4 is 17.7 Å². The van der Waals surface area contributed by atoms with Crippen LogP contribution in [0.5, 0.6) is 0 Å². The maximum absolute atomic E-state index is 12.8. The molecule has 3 nitrogen and oxygen atoms in total. The van der Waals surface area contributed by atoms with Crippen LogP contribution in [0.25, 0.3) is 0 Å². The summed E-state index contributed by atoms with van der Waals surface area (Å²) in [6, 6.07) is 5.96. The molecule has 1 heterocycles. The number of hydrogen-bond acceptors (Lipinski definition) is 3. The number of thioether (sulfide) groups is 1. The van der Waals surface area contributed by atoms with E-state index < -0.39 is 11.3 Å². The van der Waals surface area contributed by atoms with E-state index in [0.29, 0.717) is 5.56 Å². The van der Waals surface area contributed by atoms with Crippen LogP contribution in [-0.2, 0) is 4.79 Å². The number of amides is 1. The Morgan fingerprint density at radius 2 is 2.29 bits per heavy atom. The standard InChI is InChI=1S/C9H8FNO2S/c10-6-3-1-2-5(4-6)8-11-7(12)9(13)14-8/h1-4,8-9,13H,(H,11,12). The molecule has 14 heavy (non-hydrogen) atoms. The van der Waals surface area contributed by atoms with Crippen molar-refractivity contribution in [1.29, 1.82) is 0 Å². The number of carbonyl (C=O) groups excluding carboxylic acids is 1. The molecule has 5 heteroatoms. The maximum atomic E-state index is 12.8. The Balaban J connectivity index is 2.21. The molecular formula is C9H8FNO2S. The monoisotopic (exact) mass is 213 g/mol. The normalized spacial score (nSPS) is 26.3. The molecule has 2 unspecified atom stereocenters. The highest BCUT2D eigenvalue weighted by atomic mass is 32.2. The van der Waals surface area contributed by atoms with Gasteiger partial charge in [-0.2, -0.15) is 0 Å². The molecule has 0 aromatic heterocycles. The first-order chi connectivity index (χ1) is 6.66. The largest absolute Gasteiger partial charge is 0.373 e. The second kappa shape index (κ2) is 3.59. The minimum atomic E-state index is -1.05. The Kier molecular flexibility index (Phi) is 2.43. The molecule has 0 radical (unpaired) electrons. The van der Waals surface area contributed by atoms with Gasteiger partial charge >= 0.3 is 0 Å². The molecule has 1 aromatic carbocycles. The lowest BCUT2D eigenvalue weighted by Gasteiger charge is -2.08. The van der Waals surface area contributed by atoms with Crippen LogP contribution in [0, 0.1) is 5.82 Å². The van der Waals surface area contributed by atoms with Gasteiger partial charge < -0.3 is 10.4 Å². The van der Waals surface area contributed by atoms with Gasteiger partial charge in [-0.1, -0.05) is 23.9 Å². The van der Waals surface area contributed by atoms with Crippen molar-refractivity contribution in [2.75, 3.05) is 0 Å². The molecule has 2 atom stereocenters. The number of aliphatic hydroxyl groups excluding tert-OH is 1. The van der Waals surface area contributed by atoms with Crippen LogP contribution in [0.15, 0.2) is 24.3 Å². The third-order valence-electron chi connectivity index (χ3n) is 1.91. The molecule has 1 fully saturated rings. The van der Waals surface area contributed by atoms with Crippen LogP contribution < -0.4 is 5.32 Å². The topological polar surface area (TPSA) is 49.3 Å². The minimum Gasteiger partial charge on any atom is -0.373 e. The van der Waals surface area contributed by atoms with Crippen molar-refractivity contribution in [2.24, 2.45) is 0 Å². The van der Waals surface area contributed by atoms with Crippen LogP contribution >= 0.6 is 11.8 Å². The summed E-state index contributed by atoms with van der Waals surface area (Å²) in [4.78, 5) is 11.0. The van der Waals surface area contributed by atoms with E-state index in [1.165, 1.54) is 12.1 Å². The van der Waals surface area contributed by atoms with E-state index in [9.17, 15) is 9.18 Å². The average molecular weight is 213 g/mol. The van der Waals surface area contributed by atoms with Gasteiger partial charge in [0.25, 0.3) is 5.91 Å². The first-order valence-electron chi connectivity index (χ1n) is 4.06. The zero-order chi connectivity index (χ0) is 10.1. The molecule has 1 aliphatic heterocycles. The Morgan fingerprint density at radius 3 is 2.86 bits per heavy atom. The van der Waals surface area contributed by atoms with Crippen LogP contribution in [0.3, 0.4) is 0 Å².